The highest BCUT2D eigenvalue weighted by molar-refractivity contribution is 5.94. The molecular weight excluding hydrogens is 604 g/mol. The van der Waals surface area contributed by atoms with E-state index in [1.54, 1.807) is 84.9 Å². The predicted octanol–water partition coefficient (Wildman–Crippen LogP) is 5.52. The van der Waals surface area contributed by atoms with Gasteiger partial charge in [-0.3, -0.25) is 9.59 Å². The molecule has 47 heavy (non-hydrogen) atoms. The first-order valence-corrected chi connectivity index (χ1v) is 15.1. The summed E-state index contributed by atoms with van der Waals surface area (Å²) in [7, 11) is 0. The summed E-state index contributed by atoms with van der Waals surface area (Å²) >= 11 is 0. The Morgan fingerprint density at radius 1 is 0.404 bits per heavy atom. The predicted molar refractivity (Wildman–Crippen MR) is 176 cm³/mol. The van der Waals surface area contributed by atoms with Gasteiger partial charge in [0, 0.05) is 0 Å². The molecule has 0 aliphatic carbocycles. The third-order valence-corrected chi connectivity index (χ3v) is 6.55. The van der Waals surface area contributed by atoms with Crippen LogP contribution >= 0.6 is 0 Å². The first-order valence-electron chi connectivity index (χ1n) is 15.1. The zero-order valence-corrected chi connectivity index (χ0v) is 25.7. The Kier molecular flexibility index (Phi) is 12.3. The Balaban J connectivity index is 1.25. The van der Waals surface area contributed by atoms with Gasteiger partial charge in [-0.25, -0.2) is 0 Å². The SMILES string of the molecule is O=C1COc2ccccc2OC/C=C\COc2ccccc2OCC(=O)Nc2ccccc2OCCOCCOc2ccccc2N1. The number of anilines is 2. The number of hydrogen-bond acceptors (Lipinski definition) is 9. The second-order valence-electron chi connectivity index (χ2n) is 9.96. The lowest BCUT2D eigenvalue weighted by Crippen LogP contribution is -2.21. The van der Waals surface area contributed by atoms with Crippen LogP contribution in [-0.4, -0.2) is 64.7 Å². The number of ether oxygens (including phenoxy) is 7. The van der Waals surface area contributed by atoms with Crippen LogP contribution in [0.2, 0.25) is 0 Å². The molecule has 0 fully saturated rings. The van der Waals surface area contributed by atoms with Gasteiger partial charge in [0.05, 0.1) is 24.6 Å². The van der Waals surface area contributed by atoms with E-state index in [2.05, 4.69) is 10.6 Å². The minimum Gasteiger partial charge on any atom is -0.489 e. The first kappa shape index (κ1) is 32.7. The lowest BCUT2D eigenvalue weighted by atomic mass is 10.3. The van der Waals surface area contributed by atoms with Crippen LogP contribution in [0, 0.1) is 0 Å². The quantitative estimate of drug-likeness (QED) is 0.239. The Hall–Kier alpha value is -5.68. The zero-order valence-electron chi connectivity index (χ0n) is 25.7. The molecule has 1 heterocycles. The summed E-state index contributed by atoms with van der Waals surface area (Å²) in [6.45, 7) is 1.12. The Bertz CT molecular complexity index is 1520. The van der Waals surface area contributed by atoms with Gasteiger partial charge in [-0.2, -0.15) is 0 Å². The molecular formula is C36H36N2O9. The summed E-state index contributed by atoms with van der Waals surface area (Å²) in [6, 6.07) is 28.5. The molecule has 5 rings (SSSR count). The van der Waals surface area contributed by atoms with Crippen molar-refractivity contribution in [2.24, 2.45) is 0 Å². The molecule has 2 amide bonds. The lowest BCUT2D eigenvalue weighted by molar-refractivity contribution is -0.118. The topological polar surface area (TPSA) is 123 Å². The van der Waals surface area contributed by atoms with E-state index in [-0.39, 0.29) is 51.5 Å². The van der Waals surface area contributed by atoms with E-state index in [0.717, 1.165) is 0 Å². The number of rotatable bonds is 0. The third kappa shape index (κ3) is 10.4. The molecule has 0 saturated heterocycles. The van der Waals surface area contributed by atoms with Crippen molar-refractivity contribution in [2.75, 3.05) is 63.5 Å². The van der Waals surface area contributed by atoms with Crippen LogP contribution in [-0.2, 0) is 14.3 Å². The fourth-order valence-corrected chi connectivity index (χ4v) is 4.36. The number of fused-ring (bicyclic) bond motifs is 4. The largest absolute Gasteiger partial charge is 0.489 e. The van der Waals surface area contributed by atoms with Crippen LogP contribution in [0.25, 0.3) is 0 Å². The molecule has 1 aliphatic rings. The van der Waals surface area contributed by atoms with Crippen molar-refractivity contribution < 1.29 is 42.7 Å². The first-order chi connectivity index (χ1) is 23.2. The number of para-hydroxylation sites is 8. The number of benzene rings is 4. The normalized spacial score (nSPS) is 16.1. The minimum atomic E-state index is -0.356. The standard InChI is InChI=1S/C36H36N2O9/c39-35-25-46-33-17-7-5-15-31(33)42-19-9-10-20-43-32-16-6-8-18-34(32)47-26-36(40)38-28-12-2-4-14-30(28)45-24-22-41-21-23-44-29-13-3-1-11-27(29)37-35/h1-18H,19-26H2,(H,37,39)(H,38,40)/b10-9-. The molecule has 0 aromatic heterocycles. The van der Waals surface area contributed by atoms with Gasteiger partial charge in [0.1, 0.15) is 37.9 Å². The average Bonchev–Trinajstić information content (AvgIpc) is 3.09. The second-order valence-corrected chi connectivity index (χ2v) is 9.96. The Morgan fingerprint density at radius 2 is 0.766 bits per heavy atom. The molecule has 2 N–H and O–H groups in total. The lowest BCUT2D eigenvalue weighted by Gasteiger charge is -2.15. The summed E-state index contributed by atoms with van der Waals surface area (Å²) in [5.41, 5.74) is 1.02. The number of amides is 2. The molecule has 0 bridgehead atoms. The van der Waals surface area contributed by atoms with Crippen molar-refractivity contribution in [1.82, 2.24) is 0 Å². The van der Waals surface area contributed by atoms with Crippen LogP contribution < -0.4 is 39.1 Å². The van der Waals surface area contributed by atoms with Crippen LogP contribution in [0.15, 0.2) is 109 Å². The van der Waals surface area contributed by atoms with Crippen LogP contribution in [0.3, 0.4) is 0 Å². The van der Waals surface area contributed by atoms with E-state index in [0.29, 0.717) is 59.1 Å². The number of nitrogens with one attached hydrogen (secondary N) is 2. The van der Waals surface area contributed by atoms with Gasteiger partial charge in [0.2, 0.25) is 0 Å². The monoisotopic (exact) mass is 640 g/mol. The summed E-state index contributed by atoms with van der Waals surface area (Å²) in [4.78, 5) is 25.5. The van der Waals surface area contributed by atoms with Gasteiger partial charge >= 0.3 is 0 Å². The molecule has 1 aliphatic heterocycles. The maximum absolute atomic E-state index is 12.7. The molecule has 4 aromatic rings. The van der Waals surface area contributed by atoms with E-state index in [1.165, 1.54) is 0 Å². The summed E-state index contributed by atoms with van der Waals surface area (Å²) in [5, 5.41) is 5.66. The van der Waals surface area contributed by atoms with Crippen molar-refractivity contribution in [3.63, 3.8) is 0 Å². The van der Waals surface area contributed by atoms with E-state index in [9.17, 15) is 9.59 Å². The van der Waals surface area contributed by atoms with Crippen molar-refractivity contribution in [1.29, 1.82) is 0 Å². The molecule has 11 heteroatoms. The van der Waals surface area contributed by atoms with Crippen LogP contribution in [0.1, 0.15) is 0 Å². The highest BCUT2D eigenvalue weighted by Crippen LogP contribution is 2.29. The van der Waals surface area contributed by atoms with E-state index < -0.39 is 0 Å². The number of carbonyl (C=O) groups is 2. The molecule has 0 radical (unpaired) electrons. The zero-order chi connectivity index (χ0) is 32.5. The Labute approximate surface area is 273 Å². The van der Waals surface area contributed by atoms with Crippen molar-refractivity contribution in [3.8, 4) is 34.5 Å². The second kappa shape index (κ2) is 17.7. The summed E-state index contributed by atoms with van der Waals surface area (Å²) in [5.74, 6) is 2.13. The number of carbonyl (C=O) groups excluding carboxylic acids is 2. The minimum absolute atomic E-state index is 0.229. The summed E-state index contributed by atoms with van der Waals surface area (Å²) in [6.07, 6.45) is 3.61. The van der Waals surface area contributed by atoms with Gasteiger partial charge < -0.3 is 43.8 Å². The average molecular weight is 641 g/mol. The maximum atomic E-state index is 12.7. The van der Waals surface area contributed by atoms with Gasteiger partial charge in [0.15, 0.2) is 36.2 Å². The van der Waals surface area contributed by atoms with Crippen molar-refractivity contribution >= 4 is 23.2 Å². The fraction of sp³-hybridized carbons (Fsp3) is 0.222. The van der Waals surface area contributed by atoms with Gasteiger partial charge in [-0.05, 0) is 60.7 Å². The molecule has 0 atom stereocenters. The van der Waals surface area contributed by atoms with Crippen LogP contribution in [0.5, 0.6) is 34.5 Å². The molecule has 244 valence electrons. The smallest absolute Gasteiger partial charge is 0.262 e. The molecule has 0 spiro atoms. The van der Waals surface area contributed by atoms with E-state index in [1.807, 2.05) is 24.3 Å². The van der Waals surface area contributed by atoms with E-state index in [4.69, 9.17) is 33.2 Å². The molecule has 4 aromatic carbocycles. The molecule has 11 nitrogen and oxygen atoms in total. The molecule has 0 unspecified atom stereocenters. The summed E-state index contributed by atoms with van der Waals surface area (Å²) < 4.78 is 40.6. The van der Waals surface area contributed by atoms with Gasteiger partial charge in [-0.15, -0.1) is 0 Å². The van der Waals surface area contributed by atoms with E-state index >= 15 is 0 Å². The van der Waals surface area contributed by atoms with Crippen molar-refractivity contribution in [2.45, 2.75) is 0 Å². The highest BCUT2D eigenvalue weighted by Gasteiger charge is 2.13. The van der Waals surface area contributed by atoms with Crippen molar-refractivity contribution in [3.05, 3.63) is 109 Å². The maximum Gasteiger partial charge on any atom is 0.262 e. The van der Waals surface area contributed by atoms with Crippen LogP contribution in [0.4, 0.5) is 11.4 Å². The molecule has 0 saturated carbocycles. The Morgan fingerprint density at radius 3 is 1.19 bits per heavy atom. The third-order valence-electron chi connectivity index (χ3n) is 6.55. The van der Waals surface area contributed by atoms with Gasteiger partial charge in [0.25, 0.3) is 11.8 Å². The fourth-order valence-electron chi connectivity index (χ4n) is 4.36. The van der Waals surface area contributed by atoms with Gasteiger partial charge in [-0.1, -0.05) is 48.5 Å². The number of hydrogen-bond donors (Lipinski definition) is 2. The highest BCUT2D eigenvalue weighted by atomic mass is 16.5.